The third-order valence-electron chi connectivity index (χ3n) is 6.15. The van der Waals surface area contributed by atoms with Gasteiger partial charge in [0.05, 0.1) is 17.7 Å². The SMILES string of the molecule is O=C(/C=C/c1ccccc1)CC1=N[C@@H]2NN(c3ccccc3)C(=O)C2=C1CC(=O)/C=C/c1ccccc1. The summed E-state index contributed by atoms with van der Waals surface area (Å²) in [6, 6.07) is 28.3. The fraction of sp³-hybridized carbons (Fsp3) is 0.0968. The molecule has 1 amide bonds. The van der Waals surface area contributed by atoms with E-state index in [1.54, 1.807) is 12.2 Å². The molecule has 0 saturated carbocycles. The third kappa shape index (κ3) is 5.60. The first-order valence-corrected chi connectivity index (χ1v) is 12.1. The van der Waals surface area contributed by atoms with Crippen LogP contribution >= 0.6 is 0 Å². The van der Waals surface area contributed by atoms with E-state index >= 15 is 0 Å². The molecule has 0 aliphatic carbocycles. The number of fused-ring (bicyclic) bond motifs is 1. The van der Waals surface area contributed by atoms with Crippen LogP contribution in [0.4, 0.5) is 5.69 Å². The Kier molecular flexibility index (Phi) is 7.10. The van der Waals surface area contributed by atoms with Gasteiger partial charge in [-0.2, -0.15) is 5.43 Å². The molecule has 3 aromatic carbocycles. The maximum Gasteiger partial charge on any atom is 0.272 e. The number of nitrogens with zero attached hydrogens (tertiary/aromatic N) is 2. The molecule has 1 fully saturated rings. The van der Waals surface area contributed by atoms with Crippen LogP contribution in [0.3, 0.4) is 0 Å². The van der Waals surface area contributed by atoms with Crippen molar-refractivity contribution in [3.05, 3.63) is 125 Å². The first kappa shape index (κ1) is 24.0. The predicted octanol–water partition coefficient (Wildman–Crippen LogP) is 4.96. The minimum Gasteiger partial charge on any atom is -0.294 e. The lowest BCUT2D eigenvalue weighted by molar-refractivity contribution is -0.115. The first-order valence-electron chi connectivity index (χ1n) is 12.1. The molecule has 5 rings (SSSR count). The van der Waals surface area contributed by atoms with Gasteiger partial charge >= 0.3 is 0 Å². The molecule has 6 nitrogen and oxygen atoms in total. The molecule has 3 aromatic rings. The number of rotatable bonds is 9. The van der Waals surface area contributed by atoms with Crippen molar-refractivity contribution in [3.63, 3.8) is 0 Å². The average molecular weight is 488 g/mol. The number of hydrogen-bond donors (Lipinski definition) is 1. The summed E-state index contributed by atoms with van der Waals surface area (Å²) in [7, 11) is 0. The van der Waals surface area contributed by atoms with Gasteiger partial charge in [0.2, 0.25) is 0 Å². The van der Waals surface area contributed by atoms with Crippen LogP contribution in [0.1, 0.15) is 24.0 Å². The van der Waals surface area contributed by atoms with Crippen molar-refractivity contribution in [1.82, 2.24) is 5.43 Å². The van der Waals surface area contributed by atoms with Gasteiger partial charge in [-0.25, -0.2) is 5.01 Å². The Hall–Kier alpha value is -4.68. The molecule has 37 heavy (non-hydrogen) atoms. The molecule has 1 atom stereocenters. The van der Waals surface area contributed by atoms with Crippen LogP contribution in [0.25, 0.3) is 12.2 Å². The van der Waals surface area contributed by atoms with E-state index in [4.69, 9.17) is 0 Å². The highest BCUT2D eigenvalue weighted by atomic mass is 16.2. The smallest absolute Gasteiger partial charge is 0.272 e. The molecule has 0 radical (unpaired) electrons. The minimum atomic E-state index is -0.630. The maximum atomic E-state index is 13.4. The quantitative estimate of drug-likeness (QED) is 0.433. The van der Waals surface area contributed by atoms with Gasteiger partial charge in [0, 0.05) is 12.1 Å². The van der Waals surface area contributed by atoms with Crippen molar-refractivity contribution < 1.29 is 14.4 Å². The van der Waals surface area contributed by atoms with E-state index < -0.39 is 6.17 Å². The van der Waals surface area contributed by atoms with Gasteiger partial charge in [-0.05, 0) is 41.0 Å². The number of allylic oxidation sites excluding steroid dienone is 3. The molecule has 0 bridgehead atoms. The van der Waals surface area contributed by atoms with E-state index in [-0.39, 0.29) is 30.3 Å². The van der Waals surface area contributed by atoms with Crippen molar-refractivity contribution in [3.8, 4) is 0 Å². The zero-order chi connectivity index (χ0) is 25.6. The lowest BCUT2D eigenvalue weighted by Crippen LogP contribution is -2.37. The van der Waals surface area contributed by atoms with Crippen LogP contribution < -0.4 is 10.4 Å². The minimum absolute atomic E-state index is 0.00857. The number of ketones is 2. The van der Waals surface area contributed by atoms with Crippen molar-refractivity contribution >= 4 is 41.0 Å². The molecule has 1 N–H and O–H groups in total. The van der Waals surface area contributed by atoms with Crippen LogP contribution in [0.5, 0.6) is 0 Å². The fourth-order valence-corrected chi connectivity index (χ4v) is 4.34. The Morgan fingerprint density at radius 3 is 1.84 bits per heavy atom. The molecule has 0 unspecified atom stereocenters. The van der Waals surface area contributed by atoms with E-state index in [1.165, 1.54) is 17.2 Å². The molecule has 2 aliphatic rings. The number of aliphatic imine (C=N–C) groups is 1. The zero-order valence-corrected chi connectivity index (χ0v) is 20.1. The second kappa shape index (κ2) is 10.9. The third-order valence-corrected chi connectivity index (χ3v) is 6.15. The lowest BCUT2D eigenvalue weighted by atomic mass is 9.95. The topological polar surface area (TPSA) is 78.8 Å². The summed E-state index contributed by atoms with van der Waals surface area (Å²) in [5.74, 6) is -0.588. The largest absolute Gasteiger partial charge is 0.294 e. The van der Waals surface area contributed by atoms with Crippen LogP contribution in [0, 0.1) is 0 Å². The summed E-state index contributed by atoms with van der Waals surface area (Å²) in [5, 5.41) is 1.45. The molecule has 0 aromatic heterocycles. The number of amides is 1. The lowest BCUT2D eigenvalue weighted by Gasteiger charge is -2.17. The monoisotopic (exact) mass is 487 g/mol. The van der Waals surface area contributed by atoms with E-state index in [0.717, 1.165) is 11.1 Å². The van der Waals surface area contributed by atoms with E-state index in [9.17, 15) is 14.4 Å². The van der Waals surface area contributed by atoms with Gasteiger partial charge < -0.3 is 0 Å². The molecular formula is C31H25N3O3. The summed E-state index contributed by atoms with van der Waals surface area (Å²) < 4.78 is 0. The highest BCUT2D eigenvalue weighted by Gasteiger charge is 2.43. The van der Waals surface area contributed by atoms with Crippen molar-refractivity contribution in [2.75, 3.05) is 5.01 Å². The number of carbonyl (C=O) groups excluding carboxylic acids is 3. The van der Waals surface area contributed by atoms with Gasteiger partial charge in [-0.3, -0.25) is 19.4 Å². The Bertz CT molecular complexity index is 1440. The number of para-hydroxylation sites is 1. The predicted molar refractivity (Wildman–Crippen MR) is 146 cm³/mol. The Labute approximate surface area is 215 Å². The van der Waals surface area contributed by atoms with Gasteiger partial charge in [0.15, 0.2) is 11.6 Å². The Morgan fingerprint density at radius 2 is 1.27 bits per heavy atom. The summed E-state index contributed by atoms with van der Waals surface area (Å²) in [5.41, 5.74) is 7.03. The maximum absolute atomic E-state index is 13.4. The average Bonchev–Trinajstić information content (AvgIpc) is 3.43. The van der Waals surface area contributed by atoms with Gasteiger partial charge in [0.25, 0.3) is 5.91 Å². The van der Waals surface area contributed by atoms with Crippen LogP contribution in [0.15, 0.2) is 119 Å². The fourth-order valence-electron chi connectivity index (χ4n) is 4.34. The summed E-state index contributed by atoms with van der Waals surface area (Å²) in [4.78, 5) is 43.8. The zero-order valence-electron chi connectivity index (χ0n) is 20.1. The Morgan fingerprint density at radius 1 is 0.757 bits per heavy atom. The number of benzene rings is 3. The molecular weight excluding hydrogens is 462 g/mol. The summed E-state index contributed by atoms with van der Waals surface area (Å²) in [6.07, 6.45) is 5.88. The number of nitrogens with one attached hydrogen (secondary N) is 1. The van der Waals surface area contributed by atoms with Gasteiger partial charge in [-0.1, -0.05) is 91.0 Å². The van der Waals surface area contributed by atoms with Crippen molar-refractivity contribution in [1.29, 1.82) is 0 Å². The van der Waals surface area contributed by atoms with Gasteiger partial charge in [-0.15, -0.1) is 0 Å². The van der Waals surface area contributed by atoms with Crippen LogP contribution in [-0.4, -0.2) is 29.4 Å². The summed E-state index contributed by atoms with van der Waals surface area (Å²) in [6.45, 7) is 0. The molecule has 2 aliphatic heterocycles. The number of hydrogen-bond acceptors (Lipinski definition) is 5. The molecule has 1 saturated heterocycles. The highest BCUT2D eigenvalue weighted by Crippen LogP contribution is 2.33. The number of anilines is 1. The molecule has 2 heterocycles. The van der Waals surface area contributed by atoms with E-state index in [0.29, 0.717) is 22.5 Å². The normalized spacial score (nSPS) is 17.1. The second-order valence-electron chi connectivity index (χ2n) is 8.75. The first-order chi connectivity index (χ1) is 18.1. The van der Waals surface area contributed by atoms with Gasteiger partial charge in [0.1, 0.15) is 6.17 Å². The van der Waals surface area contributed by atoms with Crippen LogP contribution in [0.2, 0.25) is 0 Å². The van der Waals surface area contributed by atoms with Crippen molar-refractivity contribution in [2.45, 2.75) is 19.0 Å². The Balaban J connectivity index is 1.39. The highest BCUT2D eigenvalue weighted by molar-refractivity contribution is 6.23. The van der Waals surface area contributed by atoms with Crippen molar-refractivity contribution in [2.24, 2.45) is 4.99 Å². The molecule has 0 spiro atoms. The van der Waals surface area contributed by atoms with E-state index in [1.807, 2.05) is 91.0 Å². The standard InChI is InChI=1S/C31H25N3O3/c35-25(18-16-22-10-4-1-5-11-22)20-27-28(21-26(36)19-17-23-12-6-2-7-13-23)32-30-29(27)31(37)34(33-30)24-14-8-3-9-15-24/h1-19,30,33H,20-21H2/b18-16+,19-17+/t30-/m1/s1. The summed E-state index contributed by atoms with van der Waals surface area (Å²) >= 11 is 0. The van der Waals surface area contributed by atoms with E-state index in [2.05, 4.69) is 10.4 Å². The number of carbonyl (C=O) groups is 3. The molecule has 182 valence electrons. The second-order valence-corrected chi connectivity index (χ2v) is 8.75. The molecule has 6 heteroatoms. The van der Waals surface area contributed by atoms with Crippen LogP contribution in [-0.2, 0) is 14.4 Å². The number of hydrazine groups is 1.